The molecule has 1 saturated heterocycles. The summed E-state index contributed by atoms with van der Waals surface area (Å²) in [7, 11) is 0. The summed E-state index contributed by atoms with van der Waals surface area (Å²) in [5, 5.41) is 12.0. The summed E-state index contributed by atoms with van der Waals surface area (Å²) in [5.41, 5.74) is 1.03. The Labute approximate surface area is 137 Å². The van der Waals surface area contributed by atoms with Crippen LogP contribution in [-0.4, -0.2) is 48.8 Å². The molecule has 0 saturated carbocycles. The number of aryl methyl sites for hydroxylation is 1. The first kappa shape index (κ1) is 15.8. The van der Waals surface area contributed by atoms with Gasteiger partial charge in [0.05, 0.1) is 26.2 Å². The lowest BCUT2D eigenvalue weighted by Crippen LogP contribution is -3.15. The van der Waals surface area contributed by atoms with Crippen molar-refractivity contribution in [2.24, 2.45) is 0 Å². The molecule has 1 aromatic heterocycles. The molecule has 0 unspecified atom stereocenters. The zero-order valence-electron chi connectivity index (χ0n) is 12.9. The van der Waals surface area contributed by atoms with E-state index in [0.29, 0.717) is 11.7 Å². The van der Waals surface area contributed by atoms with E-state index >= 15 is 0 Å². The summed E-state index contributed by atoms with van der Waals surface area (Å²) in [6.45, 7) is 5.74. The number of benzene rings is 1. The number of quaternary nitrogens is 1. The minimum atomic E-state index is -0.221. The number of carbonyl (C=O) groups excluding carboxylic acids is 1. The van der Waals surface area contributed by atoms with Crippen molar-refractivity contribution in [3.05, 3.63) is 35.1 Å². The van der Waals surface area contributed by atoms with Gasteiger partial charge in [0.2, 0.25) is 5.13 Å². The third kappa shape index (κ3) is 4.23. The number of nitrogens with zero attached hydrogens (tertiary/aromatic N) is 3. The lowest BCUT2D eigenvalue weighted by atomic mass is 10.2. The van der Waals surface area contributed by atoms with Crippen molar-refractivity contribution in [3.63, 3.8) is 0 Å². The molecule has 1 aliphatic rings. The maximum atomic E-state index is 13.0. The SMILES string of the molecule is Cc1nnc(NC(=O)C[NH+]2CCN(c3ccc(F)cc3)CC2)s1. The molecule has 1 aliphatic heterocycles. The Morgan fingerprint density at radius 1 is 1.30 bits per heavy atom. The van der Waals surface area contributed by atoms with Crippen LogP contribution in [-0.2, 0) is 4.79 Å². The number of rotatable bonds is 4. The van der Waals surface area contributed by atoms with E-state index in [9.17, 15) is 9.18 Å². The van der Waals surface area contributed by atoms with Crippen LogP contribution in [0.2, 0.25) is 0 Å². The highest BCUT2D eigenvalue weighted by molar-refractivity contribution is 7.15. The number of nitrogens with one attached hydrogen (secondary N) is 2. The second-order valence-corrected chi connectivity index (χ2v) is 6.75. The van der Waals surface area contributed by atoms with E-state index in [0.717, 1.165) is 36.9 Å². The Hall–Kier alpha value is -2.06. The van der Waals surface area contributed by atoms with Crippen LogP contribution in [0.1, 0.15) is 5.01 Å². The first-order valence-corrected chi connectivity index (χ1v) is 8.36. The predicted octanol–water partition coefficient (Wildman–Crippen LogP) is 0.329. The third-order valence-corrected chi connectivity index (χ3v) is 4.60. The number of amides is 1. The Morgan fingerprint density at radius 2 is 2.00 bits per heavy atom. The fraction of sp³-hybridized carbons (Fsp3) is 0.400. The fourth-order valence-electron chi connectivity index (χ4n) is 2.65. The Kier molecular flexibility index (Phi) is 4.82. The monoisotopic (exact) mass is 336 g/mol. The highest BCUT2D eigenvalue weighted by Crippen LogP contribution is 2.14. The largest absolute Gasteiger partial charge is 0.360 e. The highest BCUT2D eigenvalue weighted by Gasteiger charge is 2.22. The summed E-state index contributed by atoms with van der Waals surface area (Å²) in [6, 6.07) is 6.55. The number of hydrogen-bond donors (Lipinski definition) is 2. The number of anilines is 2. The van der Waals surface area contributed by atoms with Gasteiger partial charge in [-0.1, -0.05) is 11.3 Å². The van der Waals surface area contributed by atoms with Gasteiger partial charge < -0.3 is 9.80 Å². The molecule has 1 aromatic carbocycles. The Balaban J connectivity index is 1.47. The van der Waals surface area contributed by atoms with E-state index in [1.807, 2.05) is 6.92 Å². The lowest BCUT2D eigenvalue weighted by molar-refractivity contribution is -0.892. The normalized spacial score (nSPS) is 15.7. The van der Waals surface area contributed by atoms with E-state index in [4.69, 9.17) is 0 Å². The first-order valence-electron chi connectivity index (χ1n) is 7.54. The smallest absolute Gasteiger partial charge is 0.281 e. The maximum absolute atomic E-state index is 13.0. The number of piperazine rings is 1. The van der Waals surface area contributed by atoms with Crippen molar-refractivity contribution in [2.75, 3.05) is 42.9 Å². The fourth-order valence-corrected chi connectivity index (χ4v) is 3.26. The Morgan fingerprint density at radius 3 is 2.61 bits per heavy atom. The van der Waals surface area contributed by atoms with Gasteiger partial charge in [-0.3, -0.25) is 10.1 Å². The van der Waals surface area contributed by atoms with E-state index in [1.165, 1.54) is 28.4 Å². The molecular formula is C15H19FN5OS+. The number of hydrogen-bond acceptors (Lipinski definition) is 5. The van der Waals surface area contributed by atoms with Gasteiger partial charge in [0, 0.05) is 5.69 Å². The van der Waals surface area contributed by atoms with Gasteiger partial charge in [0.25, 0.3) is 5.91 Å². The van der Waals surface area contributed by atoms with Crippen LogP contribution in [0, 0.1) is 12.7 Å². The maximum Gasteiger partial charge on any atom is 0.281 e. The van der Waals surface area contributed by atoms with Crippen molar-refractivity contribution < 1.29 is 14.1 Å². The number of halogens is 1. The topological polar surface area (TPSA) is 62.6 Å². The minimum Gasteiger partial charge on any atom is -0.360 e. The number of carbonyl (C=O) groups is 1. The molecule has 6 nitrogen and oxygen atoms in total. The first-order chi connectivity index (χ1) is 11.1. The quantitative estimate of drug-likeness (QED) is 0.845. The molecule has 1 amide bonds. The van der Waals surface area contributed by atoms with Gasteiger partial charge in [-0.25, -0.2) is 4.39 Å². The summed E-state index contributed by atoms with van der Waals surface area (Å²) in [5.74, 6) is -0.257. The van der Waals surface area contributed by atoms with Crippen LogP contribution in [0.25, 0.3) is 0 Å². The molecule has 3 rings (SSSR count). The highest BCUT2D eigenvalue weighted by atomic mass is 32.1. The van der Waals surface area contributed by atoms with Crippen molar-refractivity contribution in [3.8, 4) is 0 Å². The van der Waals surface area contributed by atoms with Gasteiger partial charge in [-0.2, -0.15) is 0 Å². The summed E-state index contributed by atoms with van der Waals surface area (Å²) < 4.78 is 13.0. The molecule has 122 valence electrons. The van der Waals surface area contributed by atoms with Crippen molar-refractivity contribution >= 4 is 28.1 Å². The standard InChI is InChI=1S/C15H18FN5OS/c1-11-18-19-15(23-11)17-14(22)10-20-6-8-21(9-7-20)13-4-2-12(16)3-5-13/h2-5H,6-10H2,1H3,(H,17,19,22)/p+1. The molecule has 2 aromatic rings. The molecule has 0 radical (unpaired) electrons. The van der Waals surface area contributed by atoms with E-state index in [1.54, 1.807) is 12.1 Å². The van der Waals surface area contributed by atoms with Crippen molar-refractivity contribution in [1.82, 2.24) is 10.2 Å². The van der Waals surface area contributed by atoms with Crippen LogP contribution >= 0.6 is 11.3 Å². The Bertz CT molecular complexity index is 667. The molecular weight excluding hydrogens is 317 g/mol. The molecule has 8 heteroatoms. The van der Waals surface area contributed by atoms with E-state index in [2.05, 4.69) is 20.4 Å². The average molecular weight is 336 g/mol. The van der Waals surface area contributed by atoms with Crippen LogP contribution in [0.4, 0.5) is 15.2 Å². The molecule has 0 atom stereocenters. The summed E-state index contributed by atoms with van der Waals surface area (Å²) in [4.78, 5) is 15.5. The molecule has 23 heavy (non-hydrogen) atoms. The van der Waals surface area contributed by atoms with Gasteiger partial charge in [0.15, 0.2) is 6.54 Å². The molecule has 0 spiro atoms. The molecule has 0 bridgehead atoms. The predicted molar refractivity (Wildman–Crippen MR) is 87.5 cm³/mol. The van der Waals surface area contributed by atoms with Crippen LogP contribution in [0.3, 0.4) is 0 Å². The van der Waals surface area contributed by atoms with E-state index < -0.39 is 0 Å². The number of aromatic nitrogens is 2. The van der Waals surface area contributed by atoms with Crippen LogP contribution < -0.4 is 15.1 Å². The van der Waals surface area contributed by atoms with Crippen molar-refractivity contribution in [2.45, 2.75) is 6.92 Å². The molecule has 2 N–H and O–H groups in total. The van der Waals surface area contributed by atoms with Gasteiger partial charge in [0.1, 0.15) is 10.8 Å². The van der Waals surface area contributed by atoms with E-state index in [-0.39, 0.29) is 11.7 Å². The van der Waals surface area contributed by atoms with Gasteiger partial charge in [-0.05, 0) is 31.2 Å². The second kappa shape index (κ2) is 7.01. The zero-order valence-corrected chi connectivity index (χ0v) is 13.7. The van der Waals surface area contributed by atoms with Gasteiger partial charge >= 0.3 is 0 Å². The summed E-state index contributed by atoms with van der Waals surface area (Å²) >= 11 is 1.37. The van der Waals surface area contributed by atoms with Crippen molar-refractivity contribution in [1.29, 1.82) is 0 Å². The third-order valence-electron chi connectivity index (χ3n) is 3.85. The lowest BCUT2D eigenvalue weighted by Gasteiger charge is -2.33. The molecule has 2 heterocycles. The summed E-state index contributed by atoms with van der Waals surface area (Å²) in [6.07, 6.45) is 0. The molecule has 1 fully saturated rings. The second-order valence-electron chi connectivity index (χ2n) is 5.56. The van der Waals surface area contributed by atoms with Gasteiger partial charge in [-0.15, -0.1) is 10.2 Å². The van der Waals surface area contributed by atoms with Crippen LogP contribution in [0.15, 0.2) is 24.3 Å². The minimum absolute atomic E-state index is 0.0358. The zero-order chi connectivity index (χ0) is 16.2. The van der Waals surface area contributed by atoms with Crippen LogP contribution in [0.5, 0.6) is 0 Å². The molecule has 0 aliphatic carbocycles. The average Bonchev–Trinajstić information content (AvgIpc) is 2.94.